The van der Waals surface area contributed by atoms with E-state index in [0.717, 1.165) is 5.56 Å². The molecule has 0 aliphatic heterocycles. The van der Waals surface area contributed by atoms with E-state index in [4.69, 9.17) is 4.74 Å². The molecule has 0 spiro atoms. The van der Waals surface area contributed by atoms with E-state index in [1.54, 1.807) is 26.0 Å². The van der Waals surface area contributed by atoms with Crippen LogP contribution in [0.3, 0.4) is 0 Å². The van der Waals surface area contributed by atoms with Crippen LogP contribution >= 0.6 is 0 Å². The molecule has 1 amide bonds. The van der Waals surface area contributed by atoms with E-state index in [0.29, 0.717) is 22.2 Å². The molecule has 3 aromatic rings. The van der Waals surface area contributed by atoms with Gasteiger partial charge in [0.15, 0.2) is 0 Å². The number of methoxy groups -OCH3 is 1. The highest BCUT2D eigenvalue weighted by molar-refractivity contribution is 5.98. The maximum Gasteiger partial charge on any atom is 0.270 e. The van der Waals surface area contributed by atoms with Crippen LogP contribution in [-0.2, 0) is 0 Å². The second-order valence-electron chi connectivity index (χ2n) is 6.08. The van der Waals surface area contributed by atoms with Crippen LogP contribution in [0.1, 0.15) is 34.6 Å². The Morgan fingerprint density at radius 2 is 1.81 bits per heavy atom. The van der Waals surface area contributed by atoms with Gasteiger partial charge < -0.3 is 10.1 Å². The number of hydrogen-bond donors (Lipinski definition) is 1. The normalized spacial score (nSPS) is 12.0. The lowest BCUT2D eigenvalue weighted by atomic mass is 10.1. The van der Waals surface area contributed by atoms with Gasteiger partial charge in [-0.2, -0.15) is 0 Å². The topological polar surface area (TPSA) is 51.2 Å². The Labute approximate surface area is 149 Å². The average Bonchev–Trinajstić information content (AvgIpc) is 2.61. The number of pyridine rings is 1. The van der Waals surface area contributed by atoms with Gasteiger partial charge >= 0.3 is 0 Å². The number of rotatable bonds is 4. The van der Waals surface area contributed by atoms with Gasteiger partial charge in [-0.25, -0.2) is 13.8 Å². The minimum Gasteiger partial charge on any atom is -0.496 e. The Hall–Kier alpha value is -3.02. The fourth-order valence-electron chi connectivity index (χ4n) is 2.82. The van der Waals surface area contributed by atoms with Gasteiger partial charge in [0.05, 0.1) is 18.7 Å². The van der Waals surface area contributed by atoms with Crippen LogP contribution in [0.2, 0.25) is 0 Å². The van der Waals surface area contributed by atoms with Gasteiger partial charge in [0.25, 0.3) is 5.91 Å². The lowest BCUT2D eigenvalue weighted by Crippen LogP contribution is -2.27. The summed E-state index contributed by atoms with van der Waals surface area (Å²) in [6, 6.07) is 9.74. The van der Waals surface area contributed by atoms with Crippen molar-refractivity contribution in [1.82, 2.24) is 10.3 Å². The SMILES string of the molecule is COc1cc(C(=O)N[C@H](C)c2ccc(F)cc2)nc2c(C)cc(F)cc12. The van der Waals surface area contributed by atoms with E-state index in [2.05, 4.69) is 10.3 Å². The average molecular weight is 356 g/mol. The fraction of sp³-hybridized carbons (Fsp3) is 0.200. The summed E-state index contributed by atoms with van der Waals surface area (Å²) in [6.45, 7) is 3.52. The first-order valence-corrected chi connectivity index (χ1v) is 8.10. The van der Waals surface area contributed by atoms with E-state index in [1.165, 1.54) is 37.4 Å². The highest BCUT2D eigenvalue weighted by Gasteiger charge is 2.17. The largest absolute Gasteiger partial charge is 0.496 e. The molecular formula is C20H18F2N2O2. The number of halogens is 2. The number of amides is 1. The molecule has 0 saturated carbocycles. The van der Waals surface area contributed by atoms with E-state index in [1.807, 2.05) is 0 Å². The van der Waals surface area contributed by atoms with Gasteiger partial charge in [-0.15, -0.1) is 0 Å². The summed E-state index contributed by atoms with van der Waals surface area (Å²) < 4.78 is 32.0. The van der Waals surface area contributed by atoms with Crippen molar-refractivity contribution in [3.8, 4) is 5.75 Å². The van der Waals surface area contributed by atoms with Gasteiger partial charge in [-0.3, -0.25) is 4.79 Å². The van der Waals surface area contributed by atoms with Crippen LogP contribution in [0, 0.1) is 18.6 Å². The first-order chi connectivity index (χ1) is 12.4. The Bertz CT molecular complexity index is 972. The Morgan fingerprint density at radius 3 is 2.46 bits per heavy atom. The molecule has 0 fully saturated rings. The zero-order valence-corrected chi connectivity index (χ0v) is 14.6. The Kier molecular flexibility index (Phi) is 4.84. The third-order valence-electron chi connectivity index (χ3n) is 4.20. The molecular weight excluding hydrogens is 338 g/mol. The lowest BCUT2D eigenvalue weighted by molar-refractivity contribution is 0.0935. The van der Waals surface area contributed by atoms with Crippen molar-refractivity contribution in [2.24, 2.45) is 0 Å². The lowest BCUT2D eigenvalue weighted by Gasteiger charge is -2.15. The summed E-state index contributed by atoms with van der Waals surface area (Å²) in [7, 11) is 1.46. The van der Waals surface area contributed by atoms with Crippen molar-refractivity contribution in [1.29, 1.82) is 0 Å². The zero-order valence-electron chi connectivity index (χ0n) is 14.6. The number of hydrogen-bond acceptors (Lipinski definition) is 3. The number of benzene rings is 2. The summed E-state index contributed by atoms with van der Waals surface area (Å²) in [4.78, 5) is 17.0. The molecule has 6 heteroatoms. The summed E-state index contributed by atoms with van der Waals surface area (Å²) >= 11 is 0. The van der Waals surface area contributed by atoms with Crippen LogP contribution in [0.25, 0.3) is 10.9 Å². The van der Waals surface area contributed by atoms with Crippen LogP contribution in [0.15, 0.2) is 42.5 Å². The third kappa shape index (κ3) is 3.49. The van der Waals surface area contributed by atoms with E-state index in [9.17, 15) is 13.6 Å². The molecule has 0 unspecified atom stereocenters. The van der Waals surface area contributed by atoms with E-state index >= 15 is 0 Å². The zero-order chi connectivity index (χ0) is 18.8. The molecule has 2 aromatic carbocycles. The van der Waals surface area contributed by atoms with Crippen molar-refractivity contribution < 1.29 is 18.3 Å². The minimum absolute atomic E-state index is 0.165. The molecule has 0 radical (unpaired) electrons. The maximum absolute atomic E-state index is 13.7. The summed E-state index contributed by atoms with van der Waals surface area (Å²) in [6.07, 6.45) is 0. The number of aryl methyl sites for hydroxylation is 1. The second kappa shape index (κ2) is 7.07. The predicted molar refractivity (Wildman–Crippen MR) is 95.3 cm³/mol. The number of ether oxygens (including phenoxy) is 1. The number of fused-ring (bicyclic) bond motifs is 1. The molecule has 1 atom stereocenters. The van der Waals surface area contributed by atoms with Gasteiger partial charge in [0, 0.05) is 11.5 Å². The number of carbonyl (C=O) groups is 1. The second-order valence-corrected chi connectivity index (χ2v) is 6.08. The van der Waals surface area contributed by atoms with Crippen LogP contribution < -0.4 is 10.1 Å². The molecule has 26 heavy (non-hydrogen) atoms. The quantitative estimate of drug-likeness (QED) is 0.757. The standard InChI is InChI=1S/C20H18F2N2O2/c1-11-8-15(22)9-16-18(26-3)10-17(24-19(11)16)20(25)23-12(2)13-4-6-14(21)7-5-13/h4-10,12H,1-3H3,(H,23,25)/t12-/m1/s1. The molecule has 1 N–H and O–H groups in total. The van der Waals surface area contributed by atoms with Crippen molar-refractivity contribution in [2.75, 3.05) is 7.11 Å². The highest BCUT2D eigenvalue weighted by Crippen LogP contribution is 2.28. The molecule has 0 bridgehead atoms. The smallest absolute Gasteiger partial charge is 0.270 e. The van der Waals surface area contributed by atoms with Gasteiger partial charge in [-0.1, -0.05) is 12.1 Å². The van der Waals surface area contributed by atoms with Crippen molar-refractivity contribution in [2.45, 2.75) is 19.9 Å². The molecule has 0 saturated heterocycles. The fourth-order valence-corrected chi connectivity index (χ4v) is 2.82. The Balaban J connectivity index is 1.94. The number of nitrogens with zero attached hydrogens (tertiary/aromatic N) is 1. The van der Waals surface area contributed by atoms with Crippen molar-refractivity contribution in [3.05, 3.63) is 70.9 Å². The van der Waals surface area contributed by atoms with Crippen LogP contribution in [0.5, 0.6) is 5.75 Å². The molecule has 0 aliphatic rings. The highest BCUT2D eigenvalue weighted by atomic mass is 19.1. The molecule has 0 aliphatic carbocycles. The van der Waals surface area contributed by atoms with Gasteiger partial charge in [-0.05, 0) is 49.2 Å². The number of nitrogens with one attached hydrogen (secondary N) is 1. The monoisotopic (exact) mass is 356 g/mol. The molecule has 4 nitrogen and oxygen atoms in total. The molecule has 134 valence electrons. The summed E-state index contributed by atoms with van der Waals surface area (Å²) in [5.74, 6) is -0.754. The minimum atomic E-state index is -0.397. The first kappa shape index (κ1) is 17.8. The van der Waals surface area contributed by atoms with Crippen LogP contribution in [-0.4, -0.2) is 18.0 Å². The maximum atomic E-state index is 13.7. The van der Waals surface area contributed by atoms with Gasteiger partial charge in [0.1, 0.15) is 23.1 Å². The first-order valence-electron chi connectivity index (χ1n) is 8.10. The van der Waals surface area contributed by atoms with Crippen molar-refractivity contribution in [3.63, 3.8) is 0 Å². The third-order valence-corrected chi connectivity index (χ3v) is 4.20. The number of aromatic nitrogens is 1. The van der Waals surface area contributed by atoms with E-state index < -0.39 is 11.7 Å². The predicted octanol–water partition coefficient (Wildman–Crippen LogP) is 4.32. The Morgan fingerprint density at radius 1 is 1.12 bits per heavy atom. The number of carbonyl (C=O) groups excluding carboxylic acids is 1. The summed E-state index contributed by atoms with van der Waals surface area (Å²) in [5, 5.41) is 3.33. The summed E-state index contributed by atoms with van der Waals surface area (Å²) in [5.41, 5.74) is 2.05. The van der Waals surface area contributed by atoms with Gasteiger partial charge in [0.2, 0.25) is 0 Å². The molecule has 1 heterocycles. The van der Waals surface area contributed by atoms with Crippen molar-refractivity contribution >= 4 is 16.8 Å². The van der Waals surface area contributed by atoms with E-state index in [-0.39, 0.29) is 17.6 Å². The molecule has 3 rings (SSSR count). The molecule has 1 aromatic heterocycles. The van der Waals surface area contributed by atoms with Crippen LogP contribution in [0.4, 0.5) is 8.78 Å².